The fraction of sp³-hybridized carbons (Fsp3) is 0.412. The van der Waals surface area contributed by atoms with Crippen LogP contribution in [-0.2, 0) is 9.53 Å². The van der Waals surface area contributed by atoms with Crippen molar-refractivity contribution < 1.29 is 9.53 Å². The van der Waals surface area contributed by atoms with Crippen LogP contribution >= 0.6 is 0 Å². The molecule has 1 fully saturated rings. The molecule has 126 valence electrons. The first-order chi connectivity index (χ1) is 11.6. The number of amides is 1. The van der Waals surface area contributed by atoms with Crippen LogP contribution in [0.2, 0.25) is 0 Å². The second kappa shape index (κ2) is 7.35. The van der Waals surface area contributed by atoms with Crippen LogP contribution in [0.5, 0.6) is 0 Å². The van der Waals surface area contributed by atoms with E-state index in [9.17, 15) is 4.79 Å². The summed E-state index contributed by atoms with van der Waals surface area (Å²) in [4.78, 5) is 27.4. The normalized spacial score (nSPS) is 17.8. The molecule has 3 heterocycles. The molecule has 1 amide bonds. The average Bonchev–Trinajstić information content (AvgIpc) is 2.62. The molecule has 3 rings (SSSR count). The molecule has 7 heteroatoms. The van der Waals surface area contributed by atoms with Crippen molar-refractivity contribution in [3.63, 3.8) is 0 Å². The molecule has 0 spiro atoms. The lowest BCUT2D eigenvalue weighted by Crippen LogP contribution is -2.45. The molecule has 2 aromatic heterocycles. The Balaban J connectivity index is 1.82. The number of hydrogen-bond donors (Lipinski definition) is 1. The predicted octanol–water partition coefficient (Wildman–Crippen LogP) is 2.17. The van der Waals surface area contributed by atoms with E-state index in [1.54, 1.807) is 18.5 Å². The lowest BCUT2D eigenvalue weighted by atomic mass is 10.1. The summed E-state index contributed by atoms with van der Waals surface area (Å²) in [6.45, 7) is 5.30. The van der Waals surface area contributed by atoms with Crippen LogP contribution in [0.15, 0.2) is 36.7 Å². The van der Waals surface area contributed by atoms with Gasteiger partial charge in [-0.3, -0.25) is 4.79 Å². The van der Waals surface area contributed by atoms with E-state index in [1.807, 2.05) is 36.9 Å². The van der Waals surface area contributed by atoms with Gasteiger partial charge < -0.3 is 15.0 Å². The number of hydrogen-bond acceptors (Lipinski definition) is 6. The maximum Gasteiger partial charge on any atom is 0.225 e. The smallest absolute Gasteiger partial charge is 0.225 e. The molecule has 2 aromatic rings. The van der Waals surface area contributed by atoms with Gasteiger partial charge in [-0.1, -0.05) is 19.9 Å². The first kappa shape index (κ1) is 16.3. The number of nitrogens with zero attached hydrogens (tertiary/aromatic N) is 4. The fourth-order valence-electron chi connectivity index (χ4n) is 2.58. The minimum absolute atomic E-state index is 0.0690. The number of pyridine rings is 1. The molecule has 24 heavy (non-hydrogen) atoms. The van der Waals surface area contributed by atoms with Crippen molar-refractivity contribution in [1.82, 2.24) is 19.9 Å². The van der Waals surface area contributed by atoms with E-state index in [0.717, 1.165) is 0 Å². The number of aromatic nitrogens is 3. The van der Waals surface area contributed by atoms with Gasteiger partial charge in [-0.05, 0) is 18.2 Å². The molecule has 0 radical (unpaired) electrons. The largest absolute Gasteiger partial charge is 0.377 e. The molecule has 0 unspecified atom stereocenters. The molecule has 7 nitrogen and oxygen atoms in total. The Morgan fingerprint density at radius 1 is 1.25 bits per heavy atom. The highest BCUT2D eigenvalue weighted by atomic mass is 16.5. The molecule has 1 atom stereocenters. The van der Waals surface area contributed by atoms with Crippen molar-refractivity contribution in [1.29, 1.82) is 0 Å². The Morgan fingerprint density at radius 3 is 2.88 bits per heavy atom. The topological polar surface area (TPSA) is 80.2 Å². The molecular weight excluding hydrogens is 306 g/mol. The first-order valence-electron chi connectivity index (χ1n) is 8.04. The van der Waals surface area contributed by atoms with Gasteiger partial charge >= 0.3 is 0 Å². The van der Waals surface area contributed by atoms with Crippen molar-refractivity contribution >= 4 is 17.5 Å². The second-order valence-electron chi connectivity index (χ2n) is 5.92. The van der Waals surface area contributed by atoms with Crippen LogP contribution in [0.3, 0.4) is 0 Å². The number of rotatable bonds is 4. The fourth-order valence-corrected chi connectivity index (χ4v) is 2.58. The van der Waals surface area contributed by atoms with Gasteiger partial charge in [0.2, 0.25) is 5.91 Å². The lowest BCUT2D eigenvalue weighted by molar-refractivity contribution is -0.143. The van der Waals surface area contributed by atoms with Crippen LogP contribution in [0.25, 0.3) is 0 Å². The van der Waals surface area contributed by atoms with Crippen LogP contribution in [-0.4, -0.2) is 45.5 Å². The highest BCUT2D eigenvalue weighted by Crippen LogP contribution is 2.24. The molecule has 0 saturated carbocycles. The van der Waals surface area contributed by atoms with Crippen LogP contribution in [0.4, 0.5) is 11.6 Å². The Hall–Kier alpha value is -2.54. The summed E-state index contributed by atoms with van der Waals surface area (Å²) in [5.74, 6) is 1.94. The first-order valence-corrected chi connectivity index (χ1v) is 8.04. The Kier molecular flexibility index (Phi) is 5.00. The van der Waals surface area contributed by atoms with Gasteiger partial charge in [-0.15, -0.1) is 0 Å². The van der Waals surface area contributed by atoms with Crippen molar-refractivity contribution in [3.05, 3.63) is 42.5 Å². The third kappa shape index (κ3) is 3.68. The van der Waals surface area contributed by atoms with Gasteiger partial charge in [0.15, 0.2) is 5.82 Å². The molecule has 0 aromatic carbocycles. The van der Waals surface area contributed by atoms with Gasteiger partial charge in [-0.2, -0.15) is 0 Å². The Bertz CT molecular complexity index is 692. The summed E-state index contributed by atoms with van der Waals surface area (Å²) in [5, 5.41) is 3.14. The zero-order chi connectivity index (χ0) is 16.9. The van der Waals surface area contributed by atoms with Crippen molar-refractivity contribution in [2.75, 3.05) is 25.1 Å². The minimum Gasteiger partial charge on any atom is -0.377 e. The summed E-state index contributed by atoms with van der Waals surface area (Å²) >= 11 is 0. The Morgan fingerprint density at radius 2 is 2.12 bits per heavy atom. The highest BCUT2D eigenvalue weighted by molar-refractivity contribution is 5.78. The monoisotopic (exact) mass is 327 g/mol. The summed E-state index contributed by atoms with van der Waals surface area (Å²) in [7, 11) is 0. The van der Waals surface area contributed by atoms with Gasteiger partial charge in [0.05, 0.1) is 13.2 Å². The molecule has 1 aliphatic rings. The van der Waals surface area contributed by atoms with Gasteiger partial charge in [0.25, 0.3) is 0 Å². The number of anilines is 2. The SMILES string of the molecule is CC(C)C(=O)N1CCOC[C@@H]1c1nccc(Nc2ccccn2)n1. The minimum atomic E-state index is -0.265. The summed E-state index contributed by atoms with van der Waals surface area (Å²) in [6.07, 6.45) is 3.39. The lowest BCUT2D eigenvalue weighted by Gasteiger charge is -2.35. The quantitative estimate of drug-likeness (QED) is 0.927. The number of nitrogens with one attached hydrogen (secondary N) is 1. The molecule has 1 aliphatic heterocycles. The molecular formula is C17H21N5O2. The van der Waals surface area contributed by atoms with E-state index in [-0.39, 0.29) is 17.9 Å². The van der Waals surface area contributed by atoms with Crippen LogP contribution in [0.1, 0.15) is 25.7 Å². The van der Waals surface area contributed by atoms with E-state index < -0.39 is 0 Å². The average molecular weight is 327 g/mol. The molecule has 0 aliphatic carbocycles. The zero-order valence-corrected chi connectivity index (χ0v) is 13.8. The molecule has 1 N–H and O–H groups in total. The second-order valence-corrected chi connectivity index (χ2v) is 5.92. The van der Waals surface area contributed by atoms with E-state index in [4.69, 9.17) is 4.74 Å². The standard InChI is InChI=1S/C17H21N5O2/c1-12(2)17(23)22-9-10-24-11-13(22)16-19-8-6-15(21-16)20-14-5-3-4-7-18-14/h3-8,12-13H,9-11H2,1-2H3,(H,18,19,20,21)/t13-/m1/s1. The van der Waals surface area contributed by atoms with Gasteiger partial charge in [-0.25, -0.2) is 15.0 Å². The maximum atomic E-state index is 12.4. The maximum absolute atomic E-state index is 12.4. The summed E-state index contributed by atoms with van der Waals surface area (Å²) in [6, 6.07) is 7.12. The predicted molar refractivity (Wildman–Crippen MR) is 89.7 cm³/mol. The highest BCUT2D eigenvalue weighted by Gasteiger charge is 2.31. The number of morpholine rings is 1. The summed E-state index contributed by atoms with van der Waals surface area (Å²) in [5.41, 5.74) is 0. The van der Waals surface area contributed by atoms with E-state index >= 15 is 0 Å². The summed E-state index contributed by atoms with van der Waals surface area (Å²) < 4.78 is 5.55. The Labute approximate surface area is 141 Å². The molecule has 0 bridgehead atoms. The number of carbonyl (C=O) groups excluding carboxylic acids is 1. The third-order valence-corrected chi connectivity index (χ3v) is 3.80. The number of ether oxygens (including phenoxy) is 1. The van der Waals surface area contributed by atoms with Crippen molar-refractivity contribution in [3.8, 4) is 0 Å². The van der Waals surface area contributed by atoms with E-state index in [1.165, 1.54) is 0 Å². The van der Waals surface area contributed by atoms with E-state index in [0.29, 0.717) is 37.2 Å². The zero-order valence-electron chi connectivity index (χ0n) is 13.8. The molecule has 1 saturated heterocycles. The van der Waals surface area contributed by atoms with Gasteiger partial charge in [0, 0.05) is 24.9 Å². The van der Waals surface area contributed by atoms with Crippen LogP contribution in [0, 0.1) is 5.92 Å². The van der Waals surface area contributed by atoms with Gasteiger partial charge in [0.1, 0.15) is 17.7 Å². The third-order valence-electron chi connectivity index (χ3n) is 3.80. The number of carbonyl (C=O) groups is 1. The van der Waals surface area contributed by atoms with Crippen LogP contribution < -0.4 is 5.32 Å². The van der Waals surface area contributed by atoms with Crippen molar-refractivity contribution in [2.24, 2.45) is 5.92 Å². The van der Waals surface area contributed by atoms with E-state index in [2.05, 4.69) is 20.3 Å². The van der Waals surface area contributed by atoms with Crippen molar-refractivity contribution in [2.45, 2.75) is 19.9 Å².